The second-order valence-electron chi connectivity index (χ2n) is 9.65. The maximum atomic E-state index is 12.4. The van der Waals surface area contributed by atoms with Crippen LogP contribution in [0.25, 0.3) is 0 Å². The Morgan fingerprint density at radius 1 is 1.00 bits per heavy atom. The van der Waals surface area contributed by atoms with E-state index in [0.29, 0.717) is 12.8 Å². The zero-order valence-electron chi connectivity index (χ0n) is 19.4. The van der Waals surface area contributed by atoms with Crippen molar-refractivity contribution < 1.29 is 19.1 Å². The summed E-state index contributed by atoms with van der Waals surface area (Å²) in [5.74, 6) is -0.613. The summed E-state index contributed by atoms with van der Waals surface area (Å²) in [7, 11) is -1.35. The number of hydrogen-bond acceptors (Lipinski definition) is 4. The smallest absolute Gasteiger partial charge is 0.308 e. The van der Waals surface area contributed by atoms with Gasteiger partial charge in [0.05, 0.1) is 25.2 Å². The largest absolute Gasteiger partial charge is 0.469 e. The molecule has 0 radical (unpaired) electrons. The highest BCUT2D eigenvalue weighted by atomic mass is 28.4. The molecule has 0 aromatic heterocycles. The van der Waals surface area contributed by atoms with Gasteiger partial charge >= 0.3 is 5.97 Å². The Hall–Kier alpha value is -1.95. The molecule has 0 unspecified atom stereocenters. The predicted molar refractivity (Wildman–Crippen MR) is 127 cm³/mol. The maximum Gasteiger partial charge on any atom is 0.308 e. The summed E-state index contributed by atoms with van der Waals surface area (Å²) in [5, 5.41) is 13.2. The third-order valence-electron chi connectivity index (χ3n) is 6.77. The summed E-state index contributed by atoms with van der Waals surface area (Å²) in [4.78, 5) is 12.4. The van der Waals surface area contributed by atoms with Crippen LogP contribution in [-0.4, -0.2) is 38.7 Å². The van der Waals surface area contributed by atoms with E-state index in [0.717, 1.165) is 6.42 Å². The molecular formula is C26H36O4Si. The number of carbonyl (C=O) groups is 1. The summed E-state index contributed by atoms with van der Waals surface area (Å²) < 4.78 is 12.3. The van der Waals surface area contributed by atoms with Crippen molar-refractivity contribution >= 4 is 24.7 Å². The number of aliphatic hydroxyl groups is 1. The van der Waals surface area contributed by atoms with Crippen molar-refractivity contribution in [1.29, 1.82) is 0 Å². The molecule has 0 spiro atoms. The van der Waals surface area contributed by atoms with Crippen molar-refractivity contribution in [1.82, 2.24) is 0 Å². The average Bonchev–Trinajstić information content (AvgIpc) is 2.77. The second kappa shape index (κ2) is 9.68. The monoisotopic (exact) mass is 440 g/mol. The van der Waals surface area contributed by atoms with Crippen LogP contribution in [0.15, 0.2) is 60.7 Å². The van der Waals surface area contributed by atoms with Crippen molar-refractivity contribution in [2.45, 2.75) is 64.2 Å². The van der Waals surface area contributed by atoms with Crippen LogP contribution in [0.5, 0.6) is 0 Å². The van der Waals surface area contributed by atoms with Crippen LogP contribution < -0.4 is 10.4 Å². The van der Waals surface area contributed by atoms with E-state index in [1.165, 1.54) is 17.5 Å². The summed E-state index contributed by atoms with van der Waals surface area (Å²) in [6.45, 7) is 8.83. The number of benzene rings is 2. The lowest BCUT2D eigenvalue weighted by Gasteiger charge is -2.49. The van der Waals surface area contributed by atoms with Crippen molar-refractivity contribution in [3.63, 3.8) is 0 Å². The lowest BCUT2D eigenvalue weighted by Crippen LogP contribution is -2.69. The Bertz CT molecular complexity index is 807. The van der Waals surface area contributed by atoms with Gasteiger partial charge in [0, 0.05) is 5.92 Å². The Morgan fingerprint density at radius 2 is 1.52 bits per heavy atom. The fraction of sp³-hybridized carbons (Fsp3) is 0.500. The summed E-state index contributed by atoms with van der Waals surface area (Å²) in [5.41, 5.74) is 0. The summed E-state index contributed by atoms with van der Waals surface area (Å²) >= 11 is 0. The van der Waals surface area contributed by atoms with Crippen LogP contribution in [0.4, 0.5) is 0 Å². The van der Waals surface area contributed by atoms with Gasteiger partial charge in [0.2, 0.25) is 0 Å². The lowest BCUT2D eigenvalue weighted by molar-refractivity contribution is -0.152. The van der Waals surface area contributed by atoms with Gasteiger partial charge in [-0.3, -0.25) is 4.79 Å². The van der Waals surface area contributed by atoms with Crippen molar-refractivity contribution in [3.05, 3.63) is 60.7 Å². The minimum atomic E-state index is -2.76. The Labute approximate surface area is 187 Å². The van der Waals surface area contributed by atoms with Crippen LogP contribution in [0.2, 0.25) is 5.04 Å². The van der Waals surface area contributed by atoms with Gasteiger partial charge in [-0.2, -0.15) is 0 Å². The molecule has 1 aliphatic rings. The number of ether oxygens (including phenoxy) is 1. The molecule has 0 aliphatic heterocycles. The molecular weight excluding hydrogens is 404 g/mol. The van der Waals surface area contributed by atoms with Gasteiger partial charge in [-0.15, -0.1) is 0 Å². The minimum absolute atomic E-state index is 0.0115. The molecule has 0 amide bonds. The molecule has 5 heteroatoms. The molecule has 1 aliphatic carbocycles. The van der Waals surface area contributed by atoms with Gasteiger partial charge in [0.1, 0.15) is 0 Å². The normalized spacial score (nSPS) is 24.6. The van der Waals surface area contributed by atoms with E-state index in [1.54, 1.807) is 0 Å². The second-order valence-corrected chi connectivity index (χ2v) is 13.9. The highest BCUT2D eigenvalue weighted by Gasteiger charge is 2.53. The molecule has 3 rings (SSSR count). The van der Waals surface area contributed by atoms with E-state index in [-0.39, 0.29) is 28.9 Å². The molecule has 1 saturated carbocycles. The molecule has 0 saturated heterocycles. The van der Waals surface area contributed by atoms with Gasteiger partial charge < -0.3 is 14.3 Å². The maximum absolute atomic E-state index is 12.4. The third kappa shape index (κ3) is 4.64. The highest BCUT2D eigenvalue weighted by Crippen LogP contribution is 2.42. The van der Waals surface area contributed by atoms with Crippen LogP contribution >= 0.6 is 0 Å². The molecule has 0 heterocycles. The quantitative estimate of drug-likeness (QED) is 0.547. The topological polar surface area (TPSA) is 55.8 Å². The van der Waals surface area contributed by atoms with Gasteiger partial charge in [0.25, 0.3) is 8.32 Å². The van der Waals surface area contributed by atoms with E-state index >= 15 is 0 Å². The molecule has 168 valence electrons. The first-order valence-electron chi connectivity index (χ1n) is 11.3. The van der Waals surface area contributed by atoms with Gasteiger partial charge in [-0.1, -0.05) is 88.4 Å². The zero-order chi connectivity index (χ0) is 22.6. The average molecular weight is 441 g/mol. The van der Waals surface area contributed by atoms with Crippen molar-refractivity contribution in [3.8, 4) is 0 Å². The van der Waals surface area contributed by atoms with E-state index < -0.39 is 14.4 Å². The Morgan fingerprint density at radius 3 is 1.94 bits per heavy atom. The number of aliphatic hydroxyl groups excluding tert-OH is 1. The number of methoxy groups -OCH3 is 1. The standard InChI is InChI=1S/C26H36O4Si/c1-6-22-23(27)17-19(25(28)29-5)18-24(22)30-31(26(2,3)4,20-13-9-7-10-14-20)21-15-11-8-12-16-21/h7-16,19,22-24,27H,6,17-18H2,1-5H3/t19-,22+,23+,24-/m0/s1. The molecule has 4 atom stereocenters. The van der Waals surface area contributed by atoms with E-state index in [2.05, 4.69) is 76.2 Å². The molecule has 4 nitrogen and oxygen atoms in total. The molecule has 1 N–H and O–H groups in total. The molecule has 2 aromatic rings. The fourth-order valence-corrected chi connectivity index (χ4v) is 9.95. The van der Waals surface area contributed by atoms with Crippen molar-refractivity contribution in [2.75, 3.05) is 7.11 Å². The Balaban J connectivity index is 2.14. The third-order valence-corrected chi connectivity index (χ3v) is 11.8. The number of carbonyl (C=O) groups excluding carboxylic acids is 1. The number of esters is 1. The molecule has 1 fully saturated rings. The Kier molecular flexibility index (Phi) is 7.40. The SMILES string of the molecule is CC[C@@H]1[C@H](O)C[C@H](C(=O)OC)C[C@@H]1O[Si](c1ccccc1)(c1ccccc1)C(C)(C)C. The first-order valence-corrected chi connectivity index (χ1v) is 13.2. The minimum Gasteiger partial charge on any atom is -0.469 e. The van der Waals surface area contributed by atoms with Crippen LogP contribution in [0.3, 0.4) is 0 Å². The molecule has 2 aromatic carbocycles. The first-order chi connectivity index (χ1) is 14.7. The number of hydrogen-bond donors (Lipinski definition) is 1. The lowest BCUT2D eigenvalue weighted by atomic mass is 9.76. The predicted octanol–water partition coefficient (Wildman–Crippen LogP) is 3.90. The molecule has 0 bridgehead atoms. The van der Waals surface area contributed by atoms with Crippen LogP contribution in [0.1, 0.15) is 47.0 Å². The summed E-state index contributed by atoms with van der Waals surface area (Å²) in [6.07, 6.45) is 1.02. The van der Waals surface area contributed by atoms with E-state index in [4.69, 9.17) is 9.16 Å². The van der Waals surface area contributed by atoms with Crippen LogP contribution in [-0.2, 0) is 14.0 Å². The first kappa shape index (κ1) is 23.7. The highest BCUT2D eigenvalue weighted by molar-refractivity contribution is 6.99. The van der Waals surface area contributed by atoms with Gasteiger partial charge in [-0.25, -0.2) is 0 Å². The zero-order valence-corrected chi connectivity index (χ0v) is 20.4. The number of rotatable bonds is 6. The molecule has 31 heavy (non-hydrogen) atoms. The van der Waals surface area contributed by atoms with Gasteiger partial charge in [0.15, 0.2) is 0 Å². The van der Waals surface area contributed by atoms with E-state index in [1.807, 2.05) is 12.1 Å². The fourth-order valence-electron chi connectivity index (χ4n) is 5.21. The van der Waals surface area contributed by atoms with E-state index in [9.17, 15) is 9.90 Å². The van der Waals surface area contributed by atoms with Crippen LogP contribution in [0, 0.1) is 11.8 Å². The van der Waals surface area contributed by atoms with Gasteiger partial charge in [-0.05, 0) is 34.7 Å². The van der Waals surface area contributed by atoms with Crippen molar-refractivity contribution in [2.24, 2.45) is 11.8 Å². The summed E-state index contributed by atoms with van der Waals surface area (Å²) in [6, 6.07) is 21.0.